The van der Waals surface area contributed by atoms with Crippen LogP contribution in [0.25, 0.3) is 0 Å². The molecule has 1 N–H and O–H groups in total. The lowest BCUT2D eigenvalue weighted by Gasteiger charge is -1.96. The second-order valence-corrected chi connectivity index (χ2v) is 3.18. The van der Waals surface area contributed by atoms with Gasteiger partial charge in [0.25, 0.3) is 0 Å². The number of nitrogens with one attached hydrogen (secondary N) is 1. The van der Waals surface area contributed by atoms with Crippen molar-refractivity contribution in [3.05, 3.63) is 35.1 Å². The molecule has 1 rings (SSSR count). The van der Waals surface area contributed by atoms with Crippen LogP contribution in [0.1, 0.15) is 18.1 Å². The van der Waals surface area contributed by atoms with Crippen LogP contribution in [-0.2, 0) is 4.79 Å². The molecule has 0 saturated heterocycles. The van der Waals surface area contributed by atoms with Crippen molar-refractivity contribution in [3.63, 3.8) is 0 Å². The minimum atomic E-state index is -0.234. The number of amides is 1. The summed E-state index contributed by atoms with van der Waals surface area (Å²) in [6, 6.07) is 4.68. The Bertz CT molecular complexity index is 429. The van der Waals surface area contributed by atoms with E-state index in [1.165, 1.54) is 13.0 Å². The average molecular weight is 205 g/mol. The van der Waals surface area contributed by atoms with Gasteiger partial charge in [-0.15, -0.1) is 0 Å². The summed E-state index contributed by atoms with van der Waals surface area (Å²) in [6.07, 6.45) is 0. The lowest BCUT2D eigenvalue weighted by Crippen LogP contribution is -2.19. The molecule has 78 valence electrons. The Kier molecular flexibility index (Phi) is 3.87. The van der Waals surface area contributed by atoms with E-state index < -0.39 is 0 Å². The van der Waals surface area contributed by atoms with Crippen LogP contribution in [0, 0.1) is 24.6 Å². The molecule has 15 heavy (non-hydrogen) atoms. The van der Waals surface area contributed by atoms with E-state index in [1.807, 2.05) is 0 Å². The van der Waals surface area contributed by atoms with E-state index in [0.29, 0.717) is 12.1 Å². The zero-order valence-corrected chi connectivity index (χ0v) is 8.73. The second-order valence-electron chi connectivity index (χ2n) is 3.18. The fourth-order valence-corrected chi connectivity index (χ4v) is 1.04. The predicted molar refractivity (Wildman–Crippen MR) is 56.7 cm³/mol. The third kappa shape index (κ3) is 3.82. The highest BCUT2D eigenvalue weighted by Crippen LogP contribution is 2.07. The Morgan fingerprint density at radius 2 is 2.27 bits per heavy atom. The van der Waals surface area contributed by atoms with Crippen molar-refractivity contribution in [3.8, 4) is 11.8 Å². The van der Waals surface area contributed by atoms with E-state index in [4.69, 9.17) is 0 Å². The maximum Gasteiger partial charge on any atom is 0.217 e. The maximum absolute atomic E-state index is 12.9. The van der Waals surface area contributed by atoms with Gasteiger partial charge in [0, 0.05) is 12.5 Å². The highest BCUT2D eigenvalue weighted by molar-refractivity contribution is 5.73. The van der Waals surface area contributed by atoms with Crippen molar-refractivity contribution in [2.45, 2.75) is 13.8 Å². The fourth-order valence-electron chi connectivity index (χ4n) is 1.04. The molecular weight excluding hydrogens is 193 g/mol. The molecule has 0 fully saturated rings. The molecule has 0 radical (unpaired) electrons. The minimum absolute atomic E-state index is 0.111. The zero-order valence-electron chi connectivity index (χ0n) is 8.73. The van der Waals surface area contributed by atoms with Crippen LogP contribution in [0.3, 0.4) is 0 Å². The van der Waals surface area contributed by atoms with E-state index in [2.05, 4.69) is 17.2 Å². The molecule has 0 aliphatic rings. The smallest absolute Gasteiger partial charge is 0.217 e. The number of hydrogen-bond acceptors (Lipinski definition) is 1. The van der Waals surface area contributed by atoms with Crippen LogP contribution in [0.15, 0.2) is 18.2 Å². The number of carbonyl (C=O) groups excluding carboxylic acids is 1. The van der Waals surface area contributed by atoms with Gasteiger partial charge in [-0.1, -0.05) is 11.8 Å². The van der Waals surface area contributed by atoms with Gasteiger partial charge >= 0.3 is 0 Å². The van der Waals surface area contributed by atoms with Crippen LogP contribution >= 0.6 is 0 Å². The van der Waals surface area contributed by atoms with Crippen molar-refractivity contribution in [2.24, 2.45) is 0 Å². The van der Waals surface area contributed by atoms with E-state index in [1.54, 1.807) is 19.1 Å². The maximum atomic E-state index is 12.9. The summed E-state index contributed by atoms with van der Waals surface area (Å²) in [5, 5.41) is 2.56. The van der Waals surface area contributed by atoms with Crippen molar-refractivity contribution < 1.29 is 9.18 Å². The van der Waals surface area contributed by atoms with Crippen molar-refractivity contribution in [1.82, 2.24) is 5.32 Å². The van der Waals surface area contributed by atoms with E-state index >= 15 is 0 Å². The van der Waals surface area contributed by atoms with Gasteiger partial charge in [-0.05, 0) is 30.7 Å². The lowest BCUT2D eigenvalue weighted by atomic mass is 10.1. The number of hydrogen-bond donors (Lipinski definition) is 1. The van der Waals surface area contributed by atoms with E-state index in [-0.39, 0.29) is 11.7 Å². The molecule has 1 aromatic carbocycles. The van der Waals surface area contributed by atoms with Crippen molar-refractivity contribution >= 4 is 5.91 Å². The van der Waals surface area contributed by atoms with Crippen LogP contribution in [0.5, 0.6) is 0 Å². The summed E-state index contributed by atoms with van der Waals surface area (Å²) in [4.78, 5) is 10.5. The summed E-state index contributed by atoms with van der Waals surface area (Å²) < 4.78 is 12.9. The topological polar surface area (TPSA) is 29.1 Å². The zero-order chi connectivity index (χ0) is 11.3. The van der Waals surface area contributed by atoms with Crippen molar-refractivity contribution in [2.75, 3.05) is 6.54 Å². The average Bonchev–Trinajstić information content (AvgIpc) is 2.18. The standard InChI is InChI=1S/C12H12FNO/c1-9-8-11(5-6-12(9)13)4-3-7-14-10(2)15/h5-6,8H,7H2,1-2H3,(H,14,15). The number of benzene rings is 1. The first-order valence-corrected chi connectivity index (χ1v) is 4.59. The molecule has 0 bridgehead atoms. The summed E-state index contributed by atoms with van der Waals surface area (Å²) in [5.74, 6) is 5.27. The first kappa shape index (κ1) is 11.3. The normalized spacial score (nSPS) is 9.00. The summed E-state index contributed by atoms with van der Waals surface area (Å²) >= 11 is 0. The van der Waals surface area contributed by atoms with Crippen LogP contribution in [0.4, 0.5) is 4.39 Å². The Morgan fingerprint density at radius 1 is 1.53 bits per heavy atom. The molecule has 0 unspecified atom stereocenters. The molecule has 1 aromatic rings. The quantitative estimate of drug-likeness (QED) is 0.693. The number of aryl methyl sites for hydroxylation is 1. The first-order chi connectivity index (χ1) is 7.09. The van der Waals surface area contributed by atoms with Crippen LogP contribution in [0.2, 0.25) is 0 Å². The third-order valence-corrected chi connectivity index (χ3v) is 1.82. The van der Waals surface area contributed by atoms with Gasteiger partial charge in [-0.3, -0.25) is 4.79 Å². The molecule has 3 heteroatoms. The largest absolute Gasteiger partial charge is 0.345 e. The van der Waals surface area contributed by atoms with Gasteiger partial charge in [0.05, 0.1) is 6.54 Å². The molecule has 2 nitrogen and oxygen atoms in total. The highest BCUT2D eigenvalue weighted by Gasteiger charge is 1.95. The van der Waals surface area contributed by atoms with Gasteiger partial charge in [-0.25, -0.2) is 4.39 Å². The second kappa shape index (κ2) is 5.16. The first-order valence-electron chi connectivity index (χ1n) is 4.59. The molecular formula is C12H12FNO. The molecule has 0 aliphatic heterocycles. The van der Waals surface area contributed by atoms with E-state index in [0.717, 1.165) is 5.56 Å². The Labute approximate surface area is 88.5 Å². The molecule has 0 saturated carbocycles. The minimum Gasteiger partial charge on any atom is -0.345 e. The molecule has 0 spiro atoms. The third-order valence-electron chi connectivity index (χ3n) is 1.82. The van der Waals surface area contributed by atoms with E-state index in [9.17, 15) is 9.18 Å². The van der Waals surface area contributed by atoms with Crippen molar-refractivity contribution in [1.29, 1.82) is 0 Å². The molecule has 1 amide bonds. The lowest BCUT2D eigenvalue weighted by molar-refractivity contribution is -0.118. The van der Waals surface area contributed by atoms with Gasteiger partial charge < -0.3 is 5.32 Å². The SMILES string of the molecule is CC(=O)NCC#Cc1ccc(F)c(C)c1. The molecule has 0 aromatic heterocycles. The number of halogens is 1. The van der Waals surface area contributed by atoms with Gasteiger partial charge in [0.15, 0.2) is 0 Å². The van der Waals surface area contributed by atoms with Crippen LogP contribution in [-0.4, -0.2) is 12.5 Å². The fraction of sp³-hybridized carbons (Fsp3) is 0.250. The highest BCUT2D eigenvalue weighted by atomic mass is 19.1. The summed E-state index contributed by atoms with van der Waals surface area (Å²) in [5.41, 5.74) is 1.32. The molecule has 0 aliphatic carbocycles. The number of carbonyl (C=O) groups is 1. The van der Waals surface area contributed by atoms with Gasteiger partial charge in [0.1, 0.15) is 5.82 Å². The predicted octanol–water partition coefficient (Wildman–Crippen LogP) is 1.62. The summed E-state index contributed by atoms with van der Waals surface area (Å²) in [7, 11) is 0. The summed E-state index contributed by atoms with van der Waals surface area (Å²) in [6.45, 7) is 3.43. The molecule has 0 atom stereocenters. The van der Waals surface area contributed by atoms with Crippen LogP contribution < -0.4 is 5.32 Å². The Hall–Kier alpha value is -1.82. The molecule has 0 heterocycles. The van der Waals surface area contributed by atoms with Gasteiger partial charge in [-0.2, -0.15) is 0 Å². The monoisotopic (exact) mass is 205 g/mol. The Balaban J connectivity index is 2.64. The Morgan fingerprint density at radius 3 is 2.87 bits per heavy atom. The number of rotatable bonds is 1. The van der Waals surface area contributed by atoms with Gasteiger partial charge in [0.2, 0.25) is 5.91 Å².